The van der Waals surface area contributed by atoms with E-state index in [1.165, 1.54) is 0 Å². The first-order valence-electron chi connectivity index (χ1n) is 4.52. The van der Waals surface area contributed by atoms with Gasteiger partial charge in [-0.3, -0.25) is 0 Å². The van der Waals surface area contributed by atoms with Crippen molar-refractivity contribution in [2.75, 3.05) is 5.73 Å². The fraction of sp³-hybridized carbons (Fsp3) is 0.364. The average molecular weight is 177 g/mol. The van der Waals surface area contributed by atoms with Crippen molar-refractivity contribution in [2.24, 2.45) is 0 Å². The fourth-order valence-electron chi connectivity index (χ4n) is 1.29. The van der Waals surface area contributed by atoms with Crippen molar-refractivity contribution in [3.05, 3.63) is 29.3 Å². The number of benzene rings is 1. The number of nitrogen functional groups attached to an aromatic ring is 1. The second-order valence-electron chi connectivity index (χ2n) is 3.24. The minimum atomic E-state index is -0.0362. The van der Waals surface area contributed by atoms with Gasteiger partial charge < -0.3 is 10.5 Å². The van der Waals surface area contributed by atoms with Gasteiger partial charge in [-0.1, -0.05) is 26.0 Å². The molecule has 1 atom stereocenters. The van der Waals surface area contributed by atoms with Gasteiger partial charge in [-0.15, -0.1) is 0 Å². The third-order valence-electron chi connectivity index (χ3n) is 2.28. The first kappa shape index (κ1) is 9.78. The lowest BCUT2D eigenvalue weighted by Crippen LogP contribution is -1.98. The zero-order chi connectivity index (χ0) is 9.84. The summed E-state index contributed by atoms with van der Waals surface area (Å²) in [5.74, 6) is -0.0362. The summed E-state index contributed by atoms with van der Waals surface area (Å²) in [6, 6.07) is 5.79. The van der Waals surface area contributed by atoms with Crippen molar-refractivity contribution in [2.45, 2.75) is 26.2 Å². The van der Waals surface area contributed by atoms with Crippen LogP contribution in [-0.4, -0.2) is 6.29 Å². The number of nitrogens with two attached hydrogens (primary N) is 1. The average Bonchev–Trinajstić information content (AvgIpc) is 2.17. The van der Waals surface area contributed by atoms with E-state index in [1.54, 1.807) is 0 Å². The first-order chi connectivity index (χ1) is 6.19. The highest BCUT2D eigenvalue weighted by Gasteiger charge is 2.05. The highest BCUT2D eigenvalue weighted by Crippen LogP contribution is 2.19. The molecular weight excluding hydrogens is 162 g/mol. The number of rotatable bonds is 3. The molecule has 2 nitrogen and oxygen atoms in total. The normalized spacial score (nSPS) is 12.5. The molecule has 0 heterocycles. The van der Waals surface area contributed by atoms with E-state index in [0.717, 1.165) is 29.5 Å². The zero-order valence-electron chi connectivity index (χ0n) is 8.08. The second kappa shape index (κ2) is 4.08. The van der Waals surface area contributed by atoms with Gasteiger partial charge in [0.15, 0.2) is 0 Å². The summed E-state index contributed by atoms with van der Waals surface area (Å²) >= 11 is 0. The quantitative estimate of drug-likeness (QED) is 0.567. The monoisotopic (exact) mass is 177 g/mol. The number of anilines is 1. The Morgan fingerprint density at radius 1 is 1.54 bits per heavy atom. The Kier molecular flexibility index (Phi) is 3.07. The summed E-state index contributed by atoms with van der Waals surface area (Å²) in [7, 11) is 0. The molecule has 0 bridgehead atoms. The summed E-state index contributed by atoms with van der Waals surface area (Å²) in [6.07, 6.45) is 1.86. The van der Waals surface area contributed by atoms with Crippen molar-refractivity contribution in [3.63, 3.8) is 0 Å². The minimum Gasteiger partial charge on any atom is -0.399 e. The molecule has 70 valence electrons. The van der Waals surface area contributed by atoms with Gasteiger partial charge in [-0.05, 0) is 23.6 Å². The Balaban J connectivity index is 3.05. The SMILES string of the molecule is CCc1cc(C(C)C=O)ccc1N. The van der Waals surface area contributed by atoms with Gasteiger partial charge in [0, 0.05) is 11.6 Å². The number of hydrogen-bond acceptors (Lipinski definition) is 2. The van der Waals surface area contributed by atoms with Crippen molar-refractivity contribution in [1.29, 1.82) is 0 Å². The predicted molar refractivity (Wildman–Crippen MR) is 54.7 cm³/mol. The molecule has 1 unspecified atom stereocenters. The maximum atomic E-state index is 10.6. The summed E-state index contributed by atoms with van der Waals surface area (Å²) in [6.45, 7) is 3.94. The minimum absolute atomic E-state index is 0.0362. The topological polar surface area (TPSA) is 43.1 Å². The van der Waals surface area contributed by atoms with Gasteiger partial charge in [-0.25, -0.2) is 0 Å². The Morgan fingerprint density at radius 2 is 2.23 bits per heavy atom. The molecule has 0 fully saturated rings. The van der Waals surface area contributed by atoms with Gasteiger partial charge in [0.1, 0.15) is 6.29 Å². The van der Waals surface area contributed by atoms with E-state index >= 15 is 0 Å². The lowest BCUT2D eigenvalue weighted by atomic mass is 9.98. The highest BCUT2D eigenvalue weighted by molar-refractivity contribution is 5.63. The highest BCUT2D eigenvalue weighted by atomic mass is 16.1. The molecule has 0 aliphatic heterocycles. The van der Waals surface area contributed by atoms with Crippen LogP contribution >= 0.6 is 0 Å². The predicted octanol–water partition coefficient (Wildman–Crippen LogP) is 2.13. The van der Waals surface area contributed by atoms with Crippen LogP contribution in [0.15, 0.2) is 18.2 Å². The number of aryl methyl sites for hydroxylation is 1. The van der Waals surface area contributed by atoms with Gasteiger partial charge in [-0.2, -0.15) is 0 Å². The molecule has 1 rings (SSSR count). The van der Waals surface area contributed by atoms with E-state index in [2.05, 4.69) is 6.92 Å². The summed E-state index contributed by atoms with van der Waals surface area (Å²) in [5.41, 5.74) is 8.72. The molecule has 0 saturated heterocycles. The summed E-state index contributed by atoms with van der Waals surface area (Å²) < 4.78 is 0. The number of aldehydes is 1. The van der Waals surface area contributed by atoms with E-state index in [4.69, 9.17) is 5.73 Å². The molecule has 0 spiro atoms. The molecule has 0 saturated carbocycles. The third kappa shape index (κ3) is 2.08. The molecule has 1 aromatic rings. The van der Waals surface area contributed by atoms with Crippen LogP contribution in [0.1, 0.15) is 30.9 Å². The second-order valence-corrected chi connectivity index (χ2v) is 3.24. The summed E-state index contributed by atoms with van der Waals surface area (Å²) in [5, 5.41) is 0. The largest absolute Gasteiger partial charge is 0.399 e. The third-order valence-corrected chi connectivity index (χ3v) is 2.28. The van der Waals surface area contributed by atoms with Gasteiger partial charge in [0.2, 0.25) is 0 Å². The zero-order valence-corrected chi connectivity index (χ0v) is 8.08. The molecule has 2 heteroatoms. The Labute approximate surface area is 78.8 Å². The fourth-order valence-corrected chi connectivity index (χ4v) is 1.29. The molecule has 0 aliphatic carbocycles. The maximum Gasteiger partial charge on any atom is 0.127 e. The number of carbonyl (C=O) groups is 1. The molecule has 0 radical (unpaired) electrons. The Bertz CT molecular complexity index is 307. The van der Waals surface area contributed by atoms with Crippen LogP contribution in [0.3, 0.4) is 0 Å². The standard InChI is InChI=1S/C11H15NO/c1-3-9-6-10(8(2)7-13)4-5-11(9)12/h4-8H,3,12H2,1-2H3. The van der Waals surface area contributed by atoms with Gasteiger partial charge in [0.25, 0.3) is 0 Å². The summed E-state index contributed by atoms with van der Waals surface area (Å²) in [4.78, 5) is 10.6. The van der Waals surface area contributed by atoms with Crippen LogP contribution in [0.4, 0.5) is 5.69 Å². The maximum absolute atomic E-state index is 10.6. The molecule has 0 aromatic heterocycles. The molecule has 0 aliphatic rings. The van der Waals surface area contributed by atoms with Crippen LogP contribution in [0, 0.1) is 0 Å². The number of carbonyl (C=O) groups excluding carboxylic acids is 1. The lowest BCUT2D eigenvalue weighted by Gasteiger charge is -2.08. The van der Waals surface area contributed by atoms with Crippen LogP contribution < -0.4 is 5.73 Å². The van der Waals surface area contributed by atoms with Crippen molar-refractivity contribution >= 4 is 12.0 Å². The molecule has 13 heavy (non-hydrogen) atoms. The first-order valence-corrected chi connectivity index (χ1v) is 4.52. The Morgan fingerprint density at radius 3 is 2.77 bits per heavy atom. The van der Waals surface area contributed by atoms with Gasteiger partial charge in [0.05, 0.1) is 0 Å². The molecule has 2 N–H and O–H groups in total. The van der Waals surface area contributed by atoms with Gasteiger partial charge >= 0.3 is 0 Å². The lowest BCUT2D eigenvalue weighted by molar-refractivity contribution is -0.108. The van der Waals surface area contributed by atoms with Crippen molar-refractivity contribution < 1.29 is 4.79 Å². The van der Waals surface area contributed by atoms with E-state index in [0.29, 0.717) is 0 Å². The van der Waals surface area contributed by atoms with Crippen molar-refractivity contribution in [3.8, 4) is 0 Å². The van der Waals surface area contributed by atoms with Crippen LogP contribution in [0.5, 0.6) is 0 Å². The number of hydrogen-bond donors (Lipinski definition) is 1. The van der Waals surface area contributed by atoms with E-state index < -0.39 is 0 Å². The molecular formula is C11H15NO. The van der Waals surface area contributed by atoms with E-state index in [9.17, 15) is 4.79 Å². The van der Waals surface area contributed by atoms with E-state index in [-0.39, 0.29) is 5.92 Å². The van der Waals surface area contributed by atoms with E-state index in [1.807, 2.05) is 25.1 Å². The van der Waals surface area contributed by atoms with Crippen LogP contribution in [-0.2, 0) is 11.2 Å². The van der Waals surface area contributed by atoms with Crippen LogP contribution in [0.2, 0.25) is 0 Å². The smallest absolute Gasteiger partial charge is 0.127 e. The molecule has 1 aromatic carbocycles. The Hall–Kier alpha value is -1.31. The van der Waals surface area contributed by atoms with Crippen molar-refractivity contribution in [1.82, 2.24) is 0 Å². The molecule has 0 amide bonds. The van der Waals surface area contributed by atoms with Crippen LogP contribution in [0.25, 0.3) is 0 Å².